The summed E-state index contributed by atoms with van der Waals surface area (Å²) in [6.45, 7) is -1.56. The van der Waals surface area contributed by atoms with Gasteiger partial charge in [0.1, 0.15) is 17.8 Å². The zero-order chi connectivity index (χ0) is 28.5. The summed E-state index contributed by atoms with van der Waals surface area (Å²) in [5.41, 5.74) is 2.40. The van der Waals surface area contributed by atoms with Crippen LogP contribution in [0.25, 0.3) is 11.1 Å². The van der Waals surface area contributed by atoms with Gasteiger partial charge in [0, 0.05) is 18.8 Å². The molecule has 1 heterocycles. The summed E-state index contributed by atoms with van der Waals surface area (Å²) in [5, 5.41) is 15.7. The number of allylic oxidation sites excluding steroid dienone is 2. The topological polar surface area (TPSA) is 118 Å². The maximum Gasteiger partial charge on any atom is 0.459 e. The Morgan fingerprint density at radius 2 is 1.97 bits per heavy atom. The van der Waals surface area contributed by atoms with Crippen molar-refractivity contribution in [2.75, 3.05) is 13.7 Å². The largest absolute Gasteiger partial charge is 0.482 e. The molecule has 0 unspecified atom stereocenters. The molecule has 3 rings (SSSR count). The lowest BCUT2D eigenvalue weighted by Crippen LogP contribution is -2.43. The first-order valence-corrected chi connectivity index (χ1v) is 10.9. The van der Waals surface area contributed by atoms with Crippen LogP contribution >= 0.6 is 11.6 Å². The molecule has 0 radical (unpaired) electrons. The van der Waals surface area contributed by atoms with E-state index < -0.39 is 53.9 Å². The van der Waals surface area contributed by atoms with E-state index in [0.717, 1.165) is 19.4 Å². The minimum atomic E-state index is -6.16. The fourth-order valence-corrected chi connectivity index (χ4v) is 3.36. The molecule has 0 atom stereocenters. The molecule has 2 aromatic rings. The van der Waals surface area contributed by atoms with E-state index in [1.807, 2.05) is 6.07 Å². The third-order valence-corrected chi connectivity index (χ3v) is 5.70. The number of carbonyl (C=O) groups excluding carboxylic acids is 1. The number of halogens is 8. The zero-order valence-electron chi connectivity index (χ0n) is 19.3. The van der Waals surface area contributed by atoms with Gasteiger partial charge in [-0.05, 0) is 30.5 Å². The molecule has 3 N–H and O–H groups in total. The molecular weight excluding hydrogens is 549 g/mol. The van der Waals surface area contributed by atoms with Gasteiger partial charge in [-0.1, -0.05) is 17.7 Å². The minimum absolute atomic E-state index is 0.00209. The first kappa shape index (κ1) is 28.8. The molecule has 1 aliphatic rings. The number of nitrogens with one attached hydrogen (secondary N) is 1. The predicted octanol–water partition coefficient (Wildman–Crippen LogP) is 4.52. The second-order valence-electron chi connectivity index (χ2n) is 8.08. The average molecular weight is 567 g/mol. The van der Waals surface area contributed by atoms with Crippen LogP contribution in [-0.4, -0.2) is 59.2 Å². The molecule has 0 bridgehead atoms. The Bertz CT molecular complexity index is 1330. The highest BCUT2D eigenvalue weighted by Crippen LogP contribution is 2.40. The molecule has 204 valence electrons. The lowest BCUT2D eigenvalue weighted by molar-refractivity contribution is -0.265. The molecule has 1 aromatic carbocycles. The van der Waals surface area contributed by atoms with Crippen molar-refractivity contribution in [3.05, 3.63) is 52.6 Å². The van der Waals surface area contributed by atoms with E-state index in [1.165, 1.54) is 18.2 Å². The Labute approximate surface area is 215 Å². The van der Waals surface area contributed by atoms with E-state index in [-0.39, 0.29) is 16.1 Å². The number of nitriles is 1. The number of aliphatic imine (C=N–C) groups is 1. The predicted molar refractivity (Wildman–Crippen MR) is 121 cm³/mol. The van der Waals surface area contributed by atoms with Crippen molar-refractivity contribution in [2.24, 2.45) is 10.7 Å². The first-order valence-electron chi connectivity index (χ1n) is 10.6. The third-order valence-electron chi connectivity index (χ3n) is 5.37. The number of benzene rings is 1. The summed E-state index contributed by atoms with van der Waals surface area (Å²) in [4.78, 5) is 16.2. The third kappa shape index (κ3) is 5.85. The fraction of sp³-hybridized carbons (Fsp3) is 0.364. The molecule has 0 spiro atoms. The molecule has 1 aromatic heterocycles. The van der Waals surface area contributed by atoms with E-state index in [4.69, 9.17) is 17.3 Å². The highest BCUT2D eigenvalue weighted by molar-refractivity contribution is 6.34. The lowest BCUT2D eigenvalue weighted by Gasteiger charge is -2.23. The minimum Gasteiger partial charge on any atom is -0.482 e. The number of carbonyl (C=O) groups is 1. The van der Waals surface area contributed by atoms with Gasteiger partial charge in [0.15, 0.2) is 11.6 Å². The average Bonchev–Trinajstić information content (AvgIpc) is 3.45. The van der Waals surface area contributed by atoms with E-state index >= 15 is 0 Å². The number of aromatic nitrogens is 2. The summed E-state index contributed by atoms with van der Waals surface area (Å²) in [6.07, 6.45) is -6.21. The molecule has 8 nitrogen and oxygen atoms in total. The monoisotopic (exact) mass is 566 g/mol. The number of hydrogen-bond acceptors (Lipinski definition) is 6. The quantitative estimate of drug-likeness (QED) is 0.211. The Morgan fingerprint density at radius 1 is 1.32 bits per heavy atom. The SMILES string of the molecule is CN=C(C(OCC(F)F)=C(N)C(F)(F)C(F)(F)F)n1cc(-c2ccc(Cl)c(C(=O)NC3(C#N)CC3)c2)cn1. The molecule has 16 heteroatoms. The summed E-state index contributed by atoms with van der Waals surface area (Å²) in [6, 6.07) is 6.16. The Hall–Kier alpha value is -3.80. The van der Waals surface area contributed by atoms with Crippen molar-refractivity contribution in [1.29, 1.82) is 5.26 Å². The zero-order valence-corrected chi connectivity index (χ0v) is 20.0. The Morgan fingerprint density at radius 3 is 2.50 bits per heavy atom. The van der Waals surface area contributed by atoms with Crippen LogP contribution in [0.15, 0.2) is 47.0 Å². The molecule has 1 amide bonds. The van der Waals surface area contributed by atoms with E-state index in [2.05, 4.69) is 20.1 Å². The van der Waals surface area contributed by atoms with Gasteiger partial charge in [0.25, 0.3) is 12.3 Å². The standard InChI is InChI=1S/C22H18ClF7N6O2/c1-33-18(16(38-9-15(24)25)17(32)21(26,27)22(28,29)30)36-8-12(7-34-36)11-2-3-14(23)13(6-11)19(37)35-20(10-31)4-5-20/h2-3,6-8,15H,4-5,9,32H2,1H3,(H,35,37). The summed E-state index contributed by atoms with van der Waals surface area (Å²) in [7, 11) is 0.967. The molecular formula is C22H18ClF7N6O2. The van der Waals surface area contributed by atoms with Crippen LogP contribution < -0.4 is 11.1 Å². The number of nitrogens with two attached hydrogens (primary N) is 1. The number of amides is 1. The van der Waals surface area contributed by atoms with Crippen molar-refractivity contribution in [3.63, 3.8) is 0 Å². The van der Waals surface area contributed by atoms with Crippen LogP contribution in [-0.2, 0) is 4.74 Å². The lowest BCUT2D eigenvalue weighted by atomic mass is 10.1. The van der Waals surface area contributed by atoms with Gasteiger partial charge in [0.2, 0.25) is 0 Å². The highest BCUT2D eigenvalue weighted by Gasteiger charge is 2.61. The first-order chi connectivity index (χ1) is 17.7. The van der Waals surface area contributed by atoms with Gasteiger partial charge >= 0.3 is 12.1 Å². The van der Waals surface area contributed by atoms with Crippen molar-refractivity contribution in [1.82, 2.24) is 15.1 Å². The number of nitrogens with zero attached hydrogens (tertiary/aromatic N) is 4. The normalized spacial score (nSPS) is 16.1. The molecule has 38 heavy (non-hydrogen) atoms. The van der Waals surface area contributed by atoms with Crippen molar-refractivity contribution < 1.29 is 40.3 Å². The fourth-order valence-electron chi connectivity index (χ4n) is 3.15. The number of hydrogen-bond donors (Lipinski definition) is 2. The number of alkyl halides is 7. The van der Waals surface area contributed by atoms with Gasteiger partial charge in [-0.15, -0.1) is 0 Å². The van der Waals surface area contributed by atoms with Crippen LogP contribution in [0.1, 0.15) is 23.2 Å². The molecule has 1 saturated carbocycles. The van der Waals surface area contributed by atoms with Crippen LogP contribution in [0.3, 0.4) is 0 Å². The molecule has 0 aliphatic heterocycles. The van der Waals surface area contributed by atoms with Gasteiger partial charge in [-0.25, -0.2) is 13.5 Å². The smallest absolute Gasteiger partial charge is 0.459 e. The van der Waals surface area contributed by atoms with E-state index in [0.29, 0.717) is 23.1 Å². The Balaban J connectivity index is 2.00. The number of rotatable bonds is 8. The van der Waals surface area contributed by atoms with Gasteiger partial charge < -0.3 is 15.8 Å². The van der Waals surface area contributed by atoms with Crippen molar-refractivity contribution >= 4 is 23.3 Å². The second kappa shape index (κ2) is 10.5. The van der Waals surface area contributed by atoms with Crippen molar-refractivity contribution in [2.45, 2.75) is 36.9 Å². The molecule has 1 fully saturated rings. The summed E-state index contributed by atoms with van der Waals surface area (Å²) in [5.74, 6) is -8.55. The van der Waals surface area contributed by atoms with Crippen molar-refractivity contribution in [3.8, 4) is 17.2 Å². The van der Waals surface area contributed by atoms with Crippen LogP contribution in [0, 0.1) is 11.3 Å². The van der Waals surface area contributed by atoms with E-state index in [1.54, 1.807) is 0 Å². The summed E-state index contributed by atoms with van der Waals surface area (Å²) >= 11 is 6.12. The van der Waals surface area contributed by atoms with Gasteiger partial charge in [-0.3, -0.25) is 9.79 Å². The maximum atomic E-state index is 14.0. The summed E-state index contributed by atoms with van der Waals surface area (Å²) < 4.78 is 97.3. The second-order valence-corrected chi connectivity index (χ2v) is 8.49. The molecule has 0 saturated heterocycles. The van der Waals surface area contributed by atoms with Gasteiger partial charge in [0.05, 0.1) is 22.9 Å². The highest BCUT2D eigenvalue weighted by atomic mass is 35.5. The van der Waals surface area contributed by atoms with Crippen LogP contribution in [0.2, 0.25) is 5.02 Å². The Kier molecular flexibility index (Phi) is 7.96. The molecule has 1 aliphatic carbocycles. The van der Waals surface area contributed by atoms with Crippen LogP contribution in [0.4, 0.5) is 30.7 Å². The van der Waals surface area contributed by atoms with E-state index in [9.17, 15) is 40.8 Å². The van der Waals surface area contributed by atoms with Gasteiger partial charge in [-0.2, -0.15) is 32.3 Å². The number of ether oxygens (including phenoxy) is 1. The van der Waals surface area contributed by atoms with Crippen LogP contribution in [0.5, 0.6) is 0 Å². The maximum absolute atomic E-state index is 14.0.